The Kier molecular flexibility index (Phi) is 7.36. The van der Waals surface area contributed by atoms with Gasteiger partial charge in [-0.25, -0.2) is 0 Å². The zero-order valence-electron chi connectivity index (χ0n) is 14.4. The second-order valence-electron chi connectivity index (χ2n) is 5.46. The summed E-state index contributed by atoms with van der Waals surface area (Å²) in [5, 5.41) is 3.47. The van der Waals surface area contributed by atoms with Crippen LogP contribution in [0.1, 0.15) is 17.5 Å². The summed E-state index contributed by atoms with van der Waals surface area (Å²) in [6.45, 7) is 0.613. The highest BCUT2D eigenvalue weighted by molar-refractivity contribution is 6.30. The van der Waals surface area contributed by atoms with E-state index in [-0.39, 0.29) is 5.91 Å². The molecule has 1 amide bonds. The van der Waals surface area contributed by atoms with Crippen LogP contribution in [0.2, 0.25) is 5.02 Å². The zero-order chi connectivity index (χ0) is 18.1. The van der Waals surface area contributed by atoms with Gasteiger partial charge in [-0.1, -0.05) is 23.7 Å². The first-order valence-corrected chi connectivity index (χ1v) is 8.42. The maximum absolute atomic E-state index is 11.9. The Morgan fingerprint density at radius 2 is 1.88 bits per heavy atom. The van der Waals surface area contributed by atoms with Gasteiger partial charge < -0.3 is 14.8 Å². The van der Waals surface area contributed by atoms with Gasteiger partial charge in [0.05, 0.1) is 14.2 Å². The van der Waals surface area contributed by atoms with Gasteiger partial charge >= 0.3 is 0 Å². The van der Waals surface area contributed by atoms with Crippen molar-refractivity contribution in [3.63, 3.8) is 0 Å². The minimum Gasteiger partial charge on any atom is -0.497 e. The van der Waals surface area contributed by atoms with Crippen LogP contribution in [-0.4, -0.2) is 26.7 Å². The van der Waals surface area contributed by atoms with E-state index in [9.17, 15) is 4.79 Å². The van der Waals surface area contributed by atoms with E-state index in [1.807, 2.05) is 24.3 Å². The molecule has 0 saturated heterocycles. The fraction of sp³-hybridized carbons (Fsp3) is 0.250. The van der Waals surface area contributed by atoms with Crippen molar-refractivity contribution in [3.05, 3.63) is 64.7 Å². The van der Waals surface area contributed by atoms with E-state index >= 15 is 0 Å². The van der Waals surface area contributed by atoms with Crippen molar-refractivity contribution in [1.82, 2.24) is 5.32 Å². The summed E-state index contributed by atoms with van der Waals surface area (Å²) in [6.07, 6.45) is 4.95. The fourth-order valence-corrected chi connectivity index (χ4v) is 2.54. The van der Waals surface area contributed by atoms with Gasteiger partial charge in [-0.3, -0.25) is 4.79 Å². The topological polar surface area (TPSA) is 47.6 Å². The third-order valence-corrected chi connectivity index (χ3v) is 3.94. The van der Waals surface area contributed by atoms with Crippen molar-refractivity contribution < 1.29 is 14.3 Å². The van der Waals surface area contributed by atoms with Crippen molar-refractivity contribution >= 4 is 23.6 Å². The van der Waals surface area contributed by atoms with Crippen LogP contribution in [-0.2, 0) is 11.2 Å². The number of carbonyl (C=O) groups is 1. The summed E-state index contributed by atoms with van der Waals surface area (Å²) in [4.78, 5) is 11.9. The number of amides is 1. The lowest BCUT2D eigenvalue weighted by Crippen LogP contribution is -2.22. The molecule has 2 aromatic carbocycles. The number of methoxy groups -OCH3 is 2. The minimum absolute atomic E-state index is 0.142. The molecule has 0 atom stereocenters. The molecule has 5 heteroatoms. The molecule has 0 aliphatic rings. The molecule has 0 aliphatic heterocycles. The van der Waals surface area contributed by atoms with E-state index in [0.717, 1.165) is 24.2 Å². The molecular weight excluding hydrogens is 338 g/mol. The summed E-state index contributed by atoms with van der Waals surface area (Å²) in [7, 11) is 3.23. The Morgan fingerprint density at radius 3 is 2.56 bits per heavy atom. The van der Waals surface area contributed by atoms with E-state index in [1.54, 1.807) is 38.5 Å². The monoisotopic (exact) mass is 359 g/mol. The summed E-state index contributed by atoms with van der Waals surface area (Å²) in [5.74, 6) is 1.38. The van der Waals surface area contributed by atoms with Crippen LogP contribution in [0.4, 0.5) is 0 Å². The standard InChI is InChI=1S/C20H22ClNO3/c1-24-18-9-5-15(6-10-18)4-3-13-22-20(23)12-7-16-14-17(21)8-11-19(16)25-2/h5-12,14H,3-4,13H2,1-2H3,(H,22,23)/b12-7+. The van der Waals surface area contributed by atoms with E-state index < -0.39 is 0 Å². The second-order valence-corrected chi connectivity index (χ2v) is 5.90. The molecule has 0 fully saturated rings. The first-order chi connectivity index (χ1) is 12.1. The minimum atomic E-state index is -0.142. The Balaban J connectivity index is 1.77. The lowest BCUT2D eigenvalue weighted by molar-refractivity contribution is -0.116. The van der Waals surface area contributed by atoms with Crippen molar-refractivity contribution in [3.8, 4) is 11.5 Å². The van der Waals surface area contributed by atoms with Crippen molar-refractivity contribution in [1.29, 1.82) is 0 Å². The molecule has 1 N–H and O–H groups in total. The van der Waals surface area contributed by atoms with Gasteiger partial charge in [0.2, 0.25) is 5.91 Å². The Hall–Kier alpha value is -2.46. The quantitative estimate of drug-likeness (QED) is 0.569. The van der Waals surface area contributed by atoms with E-state index in [1.165, 1.54) is 11.6 Å². The first-order valence-electron chi connectivity index (χ1n) is 8.05. The largest absolute Gasteiger partial charge is 0.497 e. The average Bonchev–Trinajstić information content (AvgIpc) is 2.64. The van der Waals surface area contributed by atoms with Crippen LogP contribution in [0.15, 0.2) is 48.5 Å². The molecule has 0 aliphatic carbocycles. The Bertz CT molecular complexity index is 726. The third-order valence-electron chi connectivity index (χ3n) is 3.71. The van der Waals surface area contributed by atoms with Crippen molar-refractivity contribution in [2.75, 3.05) is 20.8 Å². The lowest BCUT2D eigenvalue weighted by atomic mass is 10.1. The molecule has 0 aromatic heterocycles. The third kappa shape index (κ3) is 6.16. The highest BCUT2D eigenvalue weighted by Gasteiger charge is 2.02. The number of carbonyl (C=O) groups excluding carboxylic acids is 1. The molecule has 0 spiro atoms. The number of aryl methyl sites for hydroxylation is 1. The summed E-state index contributed by atoms with van der Waals surface area (Å²) in [6, 6.07) is 13.2. The van der Waals surface area contributed by atoms with Crippen molar-refractivity contribution in [2.45, 2.75) is 12.8 Å². The number of halogens is 1. The lowest BCUT2D eigenvalue weighted by Gasteiger charge is -2.06. The smallest absolute Gasteiger partial charge is 0.244 e. The Labute approximate surface area is 153 Å². The highest BCUT2D eigenvalue weighted by atomic mass is 35.5. The van der Waals surface area contributed by atoms with Crippen LogP contribution in [0.3, 0.4) is 0 Å². The van der Waals surface area contributed by atoms with Gasteiger partial charge in [0.15, 0.2) is 0 Å². The molecular formula is C20H22ClNO3. The maximum atomic E-state index is 11.9. The van der Waals surface area contributed by atoms with E-state index in [4.69, 9.17) is 21.1 Å². The van der Waals surface area contributed by atoms with Crippen molar-refractivity contribution in [2.24, 2.45) is 0 Å². The number of hydrogen-bond acceptors (Lipinski definition) is 3. The molecule has 2 aromatic rings. The van der Waals surface area contributed by atoms with Crippen LogP contribution >= 0.6 is 11.6 Å². The number of hydrogen-bond donors (Lipinski definition) is 1. The fourth-order valence-electron chi connectivity index (χ4n) is 2.36. The van der Waals surface area contributed by atoms with Crippen LogP contribution in [0.5, 0.6) is 11.5 Å². The predicted molar refractivity (Wildman–Crippen MR) is 101 cm³/mol. The molecule has 2 rings (SSSR count). The molecule has 0 saturated carbocycles. The second kappa shape index (κ2) is 9.74. The summed E-state index contributed by atoms with van der Waals surface area (Å²) < 4.78 is 10.4. The van der Waals surface area contributed by atoms with Gasteiger partial charge in [-0.15, -0.1) is 0 Å². The highest BCUT2D eigenvalue weighted by Crippen LogP contribution is 2.23. The first kappa shape index (κ1) is 18.9. The molecule has 0 bridgehead atoms. The number of nitrogens with one attached hydrogen (secondary N) is 1. The van der Waals surface area contributed by atoms with Gasteiger partial charge in [-0.05, 0) is 54.8 Å². The number of benzene rings is 2. The molecule has 4 nitrogen and oxygen atoms in total. The molecule has 132 valence electrons. The Morgan fingerprint density at radius 1 is 1.12 bits per heavy atom. The normalized spacial score (nSPS) is 10.7. The van der Waals surface area contributed by atoms with Gasteiger partial charge in [-0.2, -0.15) is 0 Å². The van der Waals surface area contributed by atoms with E-state index in [2.05, 4.69) is 5.32 Å². The summed E-state index contributed by atoms with van der Waals surface area (Å²) >= 11 is 5.97. The predicted octanol–water partition coefficient (Wildman–Crippen LogP) is 4.12. The number of rotatable bonds is 8. The SMILES string of the molecule is COc1ccc(CCCNC(=O)/C=C/c2cc(Cl)ccc2OC)cc1. The van der Waals surface area contributed by atoms with Crippen LogP contribution < -0.4 is 14.8 Å². The van der Waals surface area contributed by atoms with Crippen LogP contribution in [0, 0.1) is 0 Å². The molecule has 0 unspecified atom stereocenters. The average molecular weight is 360 g/mol. The summed E-state index contributed by atoms with van der Waals surface area (Å²) in [5.41, 5.74) is 1.98. The molecule has 0 heterocycles. The molecule has 0 radical (unpaired) electrons. The van der Waals surface area contributed by atoms with Gasteiger partial charge in [0.25, 0.3) is 0 Å². The van der Waals surface area contributed by atoms with Gasteiger partial charge in [0, 0.05) is 23.2 Å². The molecule has 25 heavy (non-hydrogen) atoms. The zero-order valence-corrected chi connectivity index (χ0v) is 15.2. The maximum Gasteiger partial charge on any atom is 0.244 e. The number of ether oxygens (including phenoxy) is 2. The van der Waals surface area contributed by atoms with E-state index in [0.29, 0.717) is 17.3 Å². The van der Waals surface area contributed by atoms with Gasteiger partial charge in [0.1, 0.15) is 11.5 Å². The van der Waals surface area contributed by atoms with Crippen LogP contribution in [0.25, 0.3) is 6.08 Å².